The number of carbonyl (C=O) groups is 4. The number of aliphatic hydroxyl groups is 1. The van der Waals surface area contributed by atoms with Crippen LogP contribution in [0.15, 0.2) is 153 Å². The SMILES string of the molecule is CC(C)(C)OC(=O)n1c(Sc2ccc(CO)o2)nc2ccccc21.O=C1CSC(=O)N1Cc1ccc(SC2=Nc3ccccc3C2)o1.O=Cc1ccc(SC2=Nc3ccccc3C2)o1. The maximum atomic E-state index is 12.6. The Balaban J connectivity index is 0.000000133. The standard InChI is InChI=1S/C17H18N2O4S.C16H12N2O3S2.C13H9NO2S/c1-17(2,3)23-16(21)19-13-7-5-4-6-12(13)18-15(19)24-14-9-8-11(10-20)22-14;19-14-9-22-16(20)18(14)8-11-5-6-15(21-11)23-13-7-10-3-1-2-4-12(10)17-13;15-8-10-5-6-13(16-10)17-12-7-9-3-1-2-4-11(9)14-12/h4-9,20H,10H2,1-3H3;1-6H,7-9H2;1-6,8H,7H2. The van der Waals surface area contributed by atoms with E-state index in [1.54, 1.807) is 30.3 Å². The smallest absolute Gasteiger partial charge is 0.421 e. The average Bonchev–Trinajstić information content (AvgIpc) is 4.15. The maximum absolute atomic E-state index is 12.6. The number of furan rings is 3. The molecule has 14 nitrogen and oxygen atoms in total. The van der Waals surface area contributed by atoms with Gasteiger partial charge in [0.15, 0.2) is 32.5 Å². The molecular formula is C46H39N5O9S4. The lowest BCUT2D eigenvalue weighted by Gasteiger charge is -2.20. The minimum Gasteiger partial charge on any atom is -0.453 e. The number of imidazole rings is 1. The molecular weight excluding hydrogens is 895 g/mol. The lowest BCUT2D eigenvalue weighted by atomic mass is 10.2. The molecule has 7 aromatic rings. The molecule has 0 aliphatic carbocycles. The summed E-state index contributed by atoms with van der Waals surface area (Å²) in [5.41, 5.74) is 5.23. The molecule has 3 aromatic carbocycles. The predicted molar refractivity (Wildman–Crippen MR) is 248 cm³/mol. The van der Waals surface area contributed by atoms with Gasteiger partial charge in [-0.2, -0.15) is 0 Å². The number of aldehydes is 1. The van der Waals surface area contributed by atoms with Crippen molar-refractivity contribution in [2.24, 2.45) is 9.98 Å². The zero-order valence-electron chi connectivity index (χ0n) is 34.6. The highest BCUT2D eigenvalue weighted by Gasteiger charge is 2.31. The van der Waals surface area contributed by atoms with Crippen LogP contribution in [0.25, 0.3) is 11.0 Å². The first-order valence-electron chi connectivity index (χ1n) is 19.8. The lowest BCUT2D eigenvalue weighted by Crippen LogP contribution is -2.27. The van der Waals surface area contributed by atoms with Crippen molar-refractivity contribution in [2.45, 2.75) is 72.8 Å². The molecule has 4 aromatic heterocycles. The third kappa shape index (κ3) is 11.0. The molecule has 1 fully saturated rings. The first-order chi connectivity index (χ1) is 30.9. The highest BCUT2D eigenvalue weighted by molar-refractivity contribution is 8.14. The Bertz CT molecular complexity index is 2910. The molecule has 2 amide bonds. The third-order valence-corrected chi connectivity index (χ3v) is 12.7. The van der Waals surface area contributed by atoms with Crippen molar-refractivity contribution in [2.75, 3.05) is 5.75 Å². The molecule has 0 saturated carbocycles. The van der Waals surface area contributed by atoms with E-state index in [0.29, 0.717) is 49.9 Å². The Morgan fingerprint density at radius 2 is 1.34 bits per heavy atom. The van der Waals surface area contributed by atoms with Gasteiger partial charge in [0.05, 0.1) is 44.8 Å². The highest BCUT2D eigenvalue weighted by Crippen LogP contribution is 2.36. The number of aliphatic hydroxyl groups excluding tert-OH is 1. The number of aliphatic imine (C=N–C) groups is 2. The molecule has 7 heterocycles. The molecule has 1 N–H and O–H groups in total. The van der Waals surface area contributed by atoms with Crippen LogP contribution in [-0.2, 0) is 35.5 Å². The number of hydrogen-bond acceptors (Lipinski definition) is 16. The largest absolute Gasteiger partial charge is 0.453 e. The molecule has 3 aliphatic heterocycles. The quantitative estimate of drug-likeness (QED) is 0.142. The lowest BCUT2D eigenvalue weighted by molar-refractivity contribution is -0.125. The fourth-order valence-electron chi connectivity index (χ4n) is 6.35. The number of nitrogens with zero attached hydrogens (tertiary/aromatic N) is 5. The maximum Gasteiger partial charge on any atom is 0.421 e. The summed E-state index contributed by atoms with van der Waals surface area (Å²) in [5, 5.41) is 13.3. The predicted octanol–water partition coefficient (Wildman–Crippen LogP) is 11.4. The average molecular weight is 934 g/mol. The number of carbonyl (C=O) groups excluding carboxylic acids is 4. The van der Waals surface area contributed by atoms with Crippen LogP contribution in [0.1, 0.15) is 54.0 Å². The number of ether oxygens (including phenoxy) is 1. The number of para-hydroxylation sites is 4. The van der Waals surface area contributed by atoms with Crippen molar-refractivity contribution in [1.29, 1.82) is 0 Å². The van der Waals surface area contributed by atoms with E-state index in [2.05, 4.69) is 27.1 Å². The summed E-state index contributed by atoms with van der Waals surface area (Å²) >= 11 is 5.18. The number of imide groups is 1. The van der Waals surface area contributed by atoms with Crippen LogP contribution in [0, 0.1) is 0 Å². The number of hydrogen-bond donors (Lipinski definition) is 1. The van der Waals surface area contributed by atoms with Crippen molar-refractivity contribution >= 4 is 103 Å². The molecule has 0 unspecified atom stereocenters. The van der Waals surface area contributed by atoms with E-state index >= 15 is 0 Å². The number of fused-ring (bicyclic) bond motifs is 3. The fourth-order valence-corrected chi connectivity index (χ4v) is 9.71. The number of benzene rings is 3. The number of thioether (sulfide) groups is 3. The van der Waals surface area contributed by atoms with Gasteiger partial charge in [-0.25, -0.2) is 24.3 Å². The topological polar surface area (TPSA) is 183 Å². The fraction of sp³-hybridized carbons (Fsp3) is 0.196. The van der Waals surface area contributed by atoms with Gasteiger partial charge in [-0.1, -0.05) is 60.3 Å². The molecule has 18 heteroatoms. The zero-order chi connectivity index (χ0) is 44.8. The molecule has 0 spiro atoms. The van der Waals surface area contributed by atoms with E-state index in [-0.39, 0.29) is 30.1 Å². The van der Waals surface area contributed by atoms with E-state index in [1.807, 2.05) is 87.5 Å². The molecule has 0 atom stereocenters. The van der Waals surface area contributed by atoms with Crippen LogP contribution in [-0.4, -0.2) is 64.5 Å². The van der Waals surface area contributed by atoms with E-state index in [0.717, 1.165) is 51.2 Å². The van der Waals surface area contributed by atoms with E-state index in [4.69, 9.17) is 23.1 Å². The highest BCUT2D eigenvalue weighted by atomic mass is 32.2. The van der Waals surface area contributed by atoms with Gasteiger partial charge in [0, 0.05) is 12.8 Å². The molecule has 10 rings (SSSR count). The molecule has 64 heavy (non-hydrogen) atoms. The van der Waals surface area contributed by atoms with Gasteiger partial charge >= 0.3 is 6.09 Å². The van der Waals surface area contributed by atoms with Gasteiger partial charge in [0.25, 0.3) is 5.24 Å². The second-order valence-corrected chi connectivity index (χ2v) is 19.1. The molecule has 1 saturated heterocycles. The summed E-state index contributed by atoms with van der Waals surface area (Å²) < 4.78 is 23.4. The summed E-state index contributed by atoms with van der Waals surface area (Å²) in [5.74, 6) is 1.46. The molecule has 3 aliphatic rings. The van der Waals surface area contributed by atoms with Crippen molar-refractivity contribution < 1.29 is 42.3 Å². The van der Waals surface area contributed by atoms with Gasteiger partial charge in [-0.05, 0) is 128 Å². The molecule has 326 valence electrons. The Kier molecular flexibility index (Phi) is 13.8. The Hall–Kier alpha value is -6.05. The summed E-state index contributed by atoms with van der Waals surface area (Å²) in [4.78, 5) is 61.2. The second kappa shape index (κ2) is 19.8. The van der Waals surface area contributed by atoms with Crippen molar-refractivity contribution in [3.63, 3.8) is 0 Å². The van der Waals surface area contributed by atoms with Gasteiger partial charge in [-0.15, -0.1) is 0 Å². The summed E-state index contributed by atoms with van der Waals surface area (Å²) in [6.07, 6.45) is 1.84. The summed E-state index contributed by atoms with van der Waals surface area (Å²) in [6.45, 7) is 5.46. The van der Waals surface area contributed by atoms with Gasteiger partial charge in [-0.3, -0.25) is 19.3 Å². The number of rotatable bonds is 8. The van der Waals surface area contributed by atoms with Crippen molar-refractivity contribution in [3.05, 3.63) is 138 Å². The number of amides is 2. The Morgan fingerprint density at radius 1 is 0.766 bits per heavy atom. The van der Waals surface area contributed by atoms with E-state index in [1.165, 1.54) is 55.9 Å². The van der Waals surface area contributed by atoms with Gasteiger partial charge in [0.1, 0.15) is 23.7 Å². The van der Waals surface area contributed by atoms with Crippen molar-refractivity contribution in [1.82, 2.24) is 14.5 Å². The monoisotopic (exact) mass is 933 g/mol. The van der Waals surface area contributed by atoms with Crippen LogP contribution in [0.4, 0.5) is 21.0 Å². The summed E-state index contributed by atoms with van der Waals surface area (Å²) in [7, 11) is 0. The first kappa shape index (κ1) is 44.6. The molecule has 0 bridgehead atoms. The first-order valence-corrected chi connectivity index (χ1v) is 23.2. The van der Waals surface area contributed by atoms with Crippen LogP contribution >= 0.6 is 47.0 Å². The Labute approximate surface area is 383 Å². The van der Waals surface area contributed by atoms with Gasteiger partial charge < -0.3 is 23.1 Å². The van der Waals surface area contributed by atoms with Crippen LogP contribution in [0.5, 0.6) is 0 Å². The number of aromatic nitrogens is 2. The molecule has 0 radical (unpaired) electrons. The Morgan fingerprint density at radius 3 is 1.92 bits per heavy atom. The van der Waals surface area contributed by atoms with E-state index in [9.17, 15) is 19.2 Å². The minimum atomic E-state index is -0.612. The minimum absolute atomic E-state index is 0.166. The van der Waals surface area contributed by atoms with Crippen LogP contribution in [0.2, 0.25) is 0 Å². The van der Waals surface area contributed by atoms with Crippen LogP contribution < -0.4 is 0 Å². The second-order valence-electron chi connectivity index (χ2n) is 15.0. The zero-order valence-corrected chi connectivity index (χ0v) is 37.9. The summed E-state index contributed by atoms with van der Waals surface area (Å²) in [6, 6.07) is 34.0. The third-order valence-electron chi connectivity index (χ3n) is 9.19. The van der Waals surface area contributed by atoms with Crippen molar-refractivity contribution in [3.8, 4) is 0 Å². The van der Waals surface area contributed by atoms with E-state index < -0.39 is 11.7 Å². The van der Waals surface area contributed by atoms with Gasteiger partial charge in [0.2, 0.25) is 5.91 Å². The van der Waals surface area contributed by atoms with Crippen LogP contribution in [0.3, 0.4) is 0 Å². The normalized spacial score (nSPS) is 14.0.